The van der Waals surface area contributed by atoms with Crippen molar-refractivity contribution in [3.8, 4) is 5.75 Å². The monoisotopic (exact) mass is 458 g/mol. The molecule has 3 heterocycles. The number of nitrogens with zero attached hydrogens (tertiary/aromatic N) is 2. The highest BCUT2D eigenvalue weighted by Gasteiger charge is 2.54. The molecule has 2 unspecified atom stereocenters. The lowest BCUT2D eigenvalue weighted by molar-refractivity contribution is -0.135. The van der Waals surface area contributed by atoms with E-state index in [0.717, 1.165) is 11.8 Å². The number of aryl methyl sites for hydroxylation is 1. The molecular weight excluding hydrogens is 436 g/mol. The molecule has 2 aromatic heterocycles. The fraction of sp³-hybridized carbons (Fsp3) is 0.231. The summed E-state index contributed by atoms with van der Waals surface area (Å²) in [5.41, 5.74) is 1.10. The van der Waals surface area contributed by atoms with Gasteiger partial charge in [-0.3, -0.25) is 19.3 Å². The van der Waals surface area contributed by atoms with Gasteiger partial charge in [-0.1, -0.05) is 42.4 Å². The number of fused-ring (bicyclic) bond motifs is 1. The first-order valence-electron chi connectivity index (χ1n) is 11.0. The minimum Gasteiger partial charge on any atom is -0.494 e. The van der Waals surface area contributed by atoms with Crippen molar-refractivity contribution in [3.05, 3.63) is 77.7 Å². The molecule has 2 atom stereocenters. The summed E-state index contributed by atoms with van der Waals surface area (Å²) in [5.74, 6) is -2.29. The highest BCUT2D eigenvalue weighted by molar-refractivity contribution is 6.48. The van der Waals surface area contributed by atoms with E-state index in [4.69, 9.17) is 13.7 Å². The molecule has 8 nitrogen and oxygen atoms in total. The third-order valence-electron chi connectivity index (χ3n) is 5.79. The van der Waals surface area contributed by atoms with Crippen molar-refractivity contribution in [1.82, 2.24) is 5.16 Å². The van der Waals surface area contributed by atoms with Gasteiger partial charge in [0.25, 0.3) is 5.91 Å². The summed E-state index contributed by atoms with van der Waals surface area (Å²) in [6.45, 7) is 4.19. The van der Waals surface area contributed by atoms with Crippen LogP contribution in [0, 0.1) is 12.8 Å². The van der Waals surface area contributed by atoms with Crippen molar-refractivity contribution >= 4 is 34.3 Å². The van der Waals surface area contributed by atoms with Gasteiger partial charge in [0, 0.05) is 11.5 Å². The van der Waals surface area contributed by atoms with Crippen LogP contribution < -0.4 is 9.64 Å². The normalized spacial score (nSPS) is 18.1. The number of para-hydroxylation sites is 1. The number of carbonyl (C=O) groups excluding carboxylic acids is 3. The van der Waals surface area contributed by atoms with E-state index in [1.165, 1.54) is 4.90 Å². The lowest BCUT2D eigenvalue weighted by Gasteiger charge is -2.25. The zero-order valence-corrected chi connectivity index (χ0v) is 18.7. The number of ether oxygens (including phenoxy) is 1. The summed E-state index contributed by atoms with van der Waals surface area (Å²) in [4.78, 5) is 41.2. The predicted molar refractivity (Wildman–Crippen MR) is 123 cm³/mol. The molecule has 5 rings (SSSR count). The number of carbonyl (C=O) groups is 3. The maximum Gasteiger partial charge on any atom is 0.297 e. The number of furan rings is 1. The SMILES string of the molecule is CCCOc1cccc(C2C(C(=O)c3cc4ccccc4o3)C(=O)C(=O)N2c2cc(C)on2)c1. The van der Waals surface area contributed by atoms with Crippen molar-refractivity contribution in [2.45, 2.75) is 26.3 Å². The number of hydrogen-bond acceptors (Lipinski definition) is 7. The lowest BCUT2D eigenvalue weighted by atomic mass is 9.88. The Morgan fingerprint density at radius 3 is 2.65 bits per heavy atom. The highest BCUT2D eigenvalue weighted by Crippen LogP contribution is 2.42. The fourth-order valence-corrected chi connectivity index (χ4v) is 4.25. The molecule has 1 aliphatic rings. The molecular formula is C26H22N2O6. The first-order chi connectivity index (χ1) is 16.5. The Kier molecular flexibility index (Phi) is 5.49. The van der Waals surface area contributed by atoms with Crippen LogP contribution in [-0.2, 0) is 9.59 Å². The van der Waals surface area contributed by atoms with Crippen molar-refractivity contribution in [1.29, 1.82) is 0 Å². The first kappa shape index (κ1) is 21.6. The minimum atomic E-state index is -1.31. The summed E-state index contributed by atoms with van der Waals surface area (Å²) >= 11 is 0. The quantitative estimate of drug-likeness (QED) is 0.225. The van der Waals surface area contributed by atoms with E-state index >= 15 is 0 Å². The van der Waals surface area contributed by atoms with Crippen LogP contribution in [0.2, 0.25) is 0 Å². The van der Waals surface area contributed by atoms with E-state index < -0.39 is 29.4 Å². The number of Topliss-reactive ketones (excluding diaryl/α,β-unsaturated/α-hetero) is 2. The molecule has 1 amide bonds. The second-order valence-corrected chi connectivity index (χ2v) is 8.19. The molecule has 0 radical (unpaired) electrons. The number of rotatable bonds is 7. The molecule has 1 aliphatic heterocycles. The summed E-state index contributed by atoms with van der Waals surface area (Å²) in [6.07, 6.45) is 0.822. The molecule has 0 N–H and O–H groups in total. The Morgan fingerprint density at radius 1 is 1.09 bits per heavy atom. The van der Waals surface area contributed by atoms with E-state index in [-0.39, 0.29) is 11.6 Å². The topological polar surface area (TPSA) is 103 Å². The average molecular weight is 458 g/mol. The molecule has 0 aliphatic carbocycles. The summed E-state index contributed by atoms with van der Waals surface area (Å²) in [7, 11) is 0. The number of anilines is 1. The Bertz CT molecular complexity index is 1370. The summed E-state index contributed by atoms with van der Waals surface area (Å²) in [6, 6.07) is 16.5. The predicted octanol–water partition coefficient (Wildman–Crippen LogP) is 4.67. The third-order valence-corrected chi connectivity index (χ3v) is 5.79. The van der Waals surface area contributed by atoms with E-state index in [1.54, 1.807) is 55.5 Å². The van der Waals surface area contributed by atoms with E-state index in [1.807, 2.05) is 19.1 Å². The maximum atomic E-state index is 13.6. The Labute approximate surface area is 195 Å². The molecule has 1 fully saturated rings. The van der Waals surface area contributed by atoms with Gasteiger partial charge in [-0.15, -0.1) is 0 Å². The van der Waals surface area contributed by atoms with Crippen LogP contribution >= 0.6 is 0 Å². The number of hydrogen-bond donors (Lipinski definition) is 0. The molecule has 4 aromatic rings. The first-order valence-corrected chi connectivity index (χ1v) is 11.0. The van der Waals surface area contributed by atoms with Crippen LogP contribution in [0.1, 0.15) is 41.3 Å². The van der Waals surface area contributed by atoms with Gasteiger partial charge in [0.1, 0.15) is 23.0 Å². The zero-order chi connectivity index (χ0) is 23.8. The molecule has 0 spiro atoms. The Hall–Kier alpha value is -4.20. The van der Waals surface area contributed by atoms with Crippen LogP contribution in [0.3, 0.4) is 0 Å². The smallest absolute Gasteiger partial charge is 0.297 e. The molecule has 34 heavy (non-hydrogen) atoms. The van der Waals surface area contributed by atoms with Gasteiger partial charge in [0.05, 0.1) is 12.6 Å². The number of aromatic nitrogens is 1. The second kappa shape index (κ2) is 8.62. The number of ketones is 2. The van der Waals surface area contributed by atoms with Crippen LogP contribution in [-0.4, -0.2) is 29.2 Å². The van der Waals surface area contributed by atoms with Crippen LogP contribution in [0.5, 0.6) is 5.75 Å². The molecule has 0 bridgehead atoms. The van der Waals surface area contributed by atoms with Crippen LogP contribution in [0.15, 0.2) is 69.6 Å². The third kappa shape index (κ3) is 3.67. The fourth-order valence-electron chi connectivity index (χ4n) is 4.25. The van der Waals surface area contributed by atoms with Crippen molar-refractivity contribution in [3.63, 3.8) is 0 Å². The highest BCUT2D eigenvalue weighted by atomic mass is 16.5. The second-order valence-electron chi connectivity index (χ2n) is 8.19. The Morgan fingerprint density at radius 2 is 1.91 bits per heavy atom. The molecule has 2 aromatic carbocycles. The molecule has 1 saturated heterocycles. The summed E-state index contributed by atoms with van der Waals surface area (Å²) < 4.78 is 16.6. The van der Waals surface area contributed by atoms with Crippen LogP contribution in [0.4, 0.5) is 5.82 Å². The van der Waals surface area contributed by atoms with E-state index in [2.05, 4.69) is 5.16 Å². The van der Waals surface area contributed by atoms with Gasteiger partial charge in [0.2, 0.25) is 11.6 Å². The number of benzene rings is 2. The standard InChI is InChI=1S/C26H22N2O6/c1-3-11-32-18-9-6-8-17(13-18)23-22(24(29)20-14-16-7-4-5-10-19(16)33-20)25(30)26(31)28(23)21-12-15(2)34-27-21/h4-10,12-14,22-23H,3,11H2,1-2H3. The van der Waals surface area contributed by atoms with Crippen molar-refractivity contribution < 1.29 is 28.1 Å². The summed E-state index contributed by atoms with van der Waals surface area (Å²) in [5, 5.41) is 4.68. The van der Waals surface area contributed by atoms with Gasteiger partial charge >= 0.3 is 0 Å². The molecule has 8 heteroatoms. The largest absolute Gasteiger partial charge is 0.494 e. The number of amides is 1. The maximum absolute atomic E-state index is 13.6. The van der Waals surface area contributed by atoms with Gasteiger partial charge in [-0.05, 0) is 43.2 Å². The van der Waals surface area contributed by atoms with Gasteiger partial charge in [0.15, 0.2) is 11.6 Å². The average Bonchev–Trinajstić information content (AvgIpc) is 3.54. The molecule has 172 valence electrons. The van der Waals surface area contributed by atoms with Gasteiger partial charge in [-0.25, -0.2) is 0 Å². The van der Waals surface area contributed by atoms with Crippen LogP contribution in [0.25, 0.3) is 11.0 Å². The lowest BCUT2D eigenvalue weighted by Crippen LogP contribution is -2.30. The Balaban J connectivity index is 1.62. The zero-order valence-electron chi connectivity index (χ0n) is 18.7. The molecule has 0 saturated carbocycles. The van der Waals surface area contributed by atoms with Crippen molar-refractivity contribution in [2.75, 3.05) is 11.5 Å². The van der Waals surface area contributed by atoms with Crippen molar-refractivity contribution in [2.24, 2.45) is 5.92 Å². The minimum absolute atomic E-state index is 0.0221. The van der Waals surface area contributed by atoms with E-state index in [9.17, 15) is 14.4 Å². The van der Waals surface area contributed by atoms with Gasteiger partial charge < -0.3 is 13.7 Å². The van der Waals surface area contributed by atoms with E-state index in [0.29, 0.717) is 29.3 Å². The van der Waals surface area contributed by atoms with Gasteiger partial charge in [-0.2, -0.15) is 0 Å².